The first-order valence-electron chi connectivity index (χ1n) is 11.4. The average Bonchev–Trinajstić information content (AvgIpc) is 2.73. The molecule has 0 radical (unpaired) electrons. The Bertz CT molecular complexity index is 1370. The van der Waals surface area contributed by atoms with Crippen LogP contribution in [0.3, 0.4) is 0 Å². The highest BCUT2D eigenvalue weighted by Crippen LogP contribution is 2.40. The number of ether oxygens (including phenoxy) is 1. The molecule has 0 aliphatic carbocycles. The van der Waals surface area contributed by atoms with Gasteiger partial charge in [0.1, 0.15) is 12.1 Å². The van der Waals surface area contributed by atoms with Crippen LogP contribution in [0.4, 0.5) is 23.7 Å². The lowest BCUT2D eigenvalue weighted by Gasteiger charge is -2.51. The number of pyridine rings is 1. The maximum atomic E-state index is 12.9. The summed E-state index contributed by atoms with van der Waals surface area (Å²) in [5.41, 5.74) is 0.127. The van der Waals surface area contributed by atoms with E-state index in [1.807, 2.05) is 19.1 Å². The number of hydrogen-bond acceptors (Lipinski definition) is 4. The highest BCUT2D eigenvalue weighted by Gasteiger charge is 2.49. The van der Waals surface area contributed by atoms with Crippen molar-refractivity contribution in [3.63, 3.8) is 0 Å². The van der Waals surface area contributed by atoms with Crippen molar-refractivity contribution in [1.29, 1.82) is 0 Å². The molecule has 1 saturated heterocycles. The normalized spacial score (nSPS) is 15.5. The molecule has 192 valence electrons. The molecule has 1 amide bonds. The van der Waals surface area contributed by atoms with E-state index >= 15 is 0 Å². The van der Waals surface area contributed by atoms with Crippen LogP contribution in [0, 0.1) is 6.92 Å². The summed E-state index contributed by atoms with van der Waals surface area (Å²) in [6.45, 7) is 6.43. The van der Waals surface area contributed by atoms with Crippen molar-refractivity contribution >= 4 is 34.2 Å². The Balaban J connectivity index is 1.71. The lowest BCUT2D eigenvalue weighted by atomic mass is 9.80. The Kier molecular flexibility index (Phi) is 6.49. The molecule has 1 aromatic heterocycles. The molecule has 2 aromatic carbocycles. The van der Waals surface area contributed by atoms with Crippen molar-refractivity contribution in [3.05, 3.63) is 75.2 Å². The minimum Gasteiger partial charge on any atom is -0.444 e. The quantitative estimate of drug-likeness (QED) is 0.452. The van der Waals surface area contributed by atoms with Crippen molar-refractivity contribution in [1.82, 2.24) is 9.47 Å². The van der Waals surface area contributed by atoms with E-state index in [2.05, 4.69) is 5.32 Å². The number of alkyl halides is 3. The first-order valence-corrected chi connectivity index (χ1v) is 11.8. The lowest BCUT2D eigenvalue weighted by Crippen LogP contribution is -2.65. The van der Waals surface area contributed by atoms with Crippen molar-refractivity contribution in [3.8, 4) is 0 Å². The van der Waals surface area contributed by atoms with Crippen LogP contribution in [0.25, 0.3) is 10.8 Å². The number of benzene rings is 2. The largest absolute Gasteiger partial charge is 0.444 e. The summed E-state index contributed by atoms with van der Waals surface area (Å²) in [5, 5.41) is 4.69. The van der Waals surface area contributed by atoms with E-state index < -0.39 is 35.5 Å². The SMILES string of the molecule is Cc1c(Cl)cccc1C1(Nc2ccc3ccn(CC(F)(F)F)c(=O)c3c2)CN(C(=O)OC(C)(C)C)C1. The second-order valence-corrected chi connectivity index (χ2v) is 10.5. The topological polar surface area (TPSA) is 63.6 Å². The average molecular weight is 522 g/mol. The van der Waals surface area contributed by atoms with E-state index in [1.165, 1.54) is 6.07 Å². The molecule has 3 aromatic rings. The second kappa shape index (κ2) is 9.03. The van der Waals surface area contributed by atoms with E-state index in [0.29, 0.717) is 20.7 Å². The van der Waals surface area contributed by atoms with Gasteiger partial charge in [-0.05, 0) is 68.5 Å². The predicted octanol–water partition coefficient (Wildman–Crippen LogP) is 6.08. The Morgan fingerprint density at radius 2 is 1.83 bits per heavy atom. The monoisotopic (exact) mass is 521 g/mol. The molecule has 1 aliphatic heterocycles. The summed E-state index contributed by atoms with van der Waals surface area (Å²) < 4.78 is 44.9. The third-order valence-corrected chi connectivity index (χ3v) is 6.48. The fraction of sp³-hybridized carbons (Fsp3) is 0.385. The van der Waals surface area contributed by atoms with E-state index in [9.17, 15) is 22.8 Å². The summed E-state index contributed by atoms with van der Waals surface area (Å²) in [7, 11) is 0. The molecule has 1 N–H and O–H groups in total. The highest BCUT2D eigenvalue weighted by atomic mass is 35.5. The first kappa shape index (κ1) is 25.9. The van der Waals surface area contributed by atoms with Crippen LogP contribution in [0.2, 0.25) is 5.02 Å². The molecule has 36 heavy (non-hydrogen) atoms. The molecule has 0 saturated carbocycles. The van der Waals surface area contributed by atoms with E-state index in [4.69, 9.17) is 16.3 Å². The number of nitrogens with one attached hydrogen (secondary N) is 1. The first-order chi connectivity index (χ1) is 16.7. The van der Waals surface area contributed by atoms with Crippen LogP contribution >= 0.6 is 11.6 Å². The Hall–Kier alpha value is -3.20. The molecule has 0 atom stereocenters. The standard InChI is InChI=1S/C26H27ClF3N3O3/c1-16-20(6-5-7-21(16)27)25(13-33(14-25)23(35)36-24(2,3)4)31-18-9-8-17-10-11-32(15-26(28,29)30)22(34)19(17)12-18/h5-12,31H,13-15H2,1-4H3. The zero-order valence-corrected chi connectivity index (χ0v) is 21.1. The number of amides is 1. The minimum absolute atomic E-state index is 0.160. The number of anilines is 1. The Morgan fingerprint density at radius 3 is 2.47 bits per heavy atom. The third kappa shape index (κ3) is 5.31. The molecule has 1 fully saturated rings. The zero-order valence-electron chi connectivity index (χ0n) is 20.4. The van der Waals surface area contributed by atoms with Gasteiger partial charge in [-0.25, -0.2) is 4.79 Å². The molecule has 4 rings (SSSR count). The van der Waals surface area contributed by atoms with Crippen molar-refractivity contribution in [2.45, 2.75) is 51.6 Å². The van der Waals surface area contributed by atoms with Gasteiger partial charge in [-0.3, -0.25) is 4.79 Å². The van der Waals surface area contributed by atoms with Gasteiger partial charge in [-0.1, -0.05) is 29.8 Å². The summed E-state index contributed by atoms with van der Waals surface area (Å²) in [6.07, 6.45) is -3.82. The number of rotatable bonds is 4. The maximum Gasteiger partial charge on any atom is 0.410 e. The number of hydrogen-bond donors (Lipinski definition) is 1. The van der Waals surface area contributed by atoms with Gasteiger partial charge in [0.2, 0.25) is 0 Å². The lowest BCUT2D eigenvalue weighted by molar-refractivity contribution is -0.141. The van der Waals surface area contributed by atoms with Gasteiger partial charge in [0.15, 0.2) is 0 Å². The van der Waals surface area contributed by atoms with Crippen molar-refractivity contribution in [2.24, 2.45) is 0 Å². The van der Waals surface area contributed by atoms with E-state index in [-0.39, 0.29) is 18.5 Å². The molecule has 6 nitrogen and oxygen atoms in total. The second-order valence-electron chi connectivity index (χ2n) is 10.1. The number of carbonyl (C=O) groups excluding carboxylic acids is 1. The maximum absolute atomic E-state index is 12.9. The van der Waals surface area contributed by atoms with Gasteiger partial charge in [-0.15, -0.1) is 0 Å². The van der Waals surface area contributed by atoms with Crippen LogP contribution < -0.4 is 10.9 Å². The number of likely N-dealkylation sites (tertiary alicyclic amines) is 1. The van der Waals surface area contributed by atoms with Gasteiger partial charge in [0.25, 0.3) is 5.56 Å². The van der Waals surface area contributed by atoms with Crippen LogP contribution in [-0.4, -0.2) is 40.4 Å². The summed E-state index contributed by atoms with van der Waals surface area (Å²) in [5.74, 6) is 0. The molecule has 0 unspecified atom stereocenters. The smallest absolute Gasteiger partial charge is 0.410 e. The third-order valence-electron chi connectivity index (χ3n) is 6.07. The highest BCUT2D eigenvalue weighted by molar-refractivity contribution is 6.31. The summed E-state index contributed by atoms with van der Waals surface area (Å²) >= 11 is 6.39. The number of nitrogens with zero attached hydrogens (tertiary/aromatic N) is 2. The van der Waals surface area contributed by atoms with Gasteiger partial charge in [0, 0.05) is 22.3 Å². The van der Waals surface area contributed by atoms with Gasteiger partial charge in [0.05, 0.1) is 18.6 Å². The Morgan fingerprint density at radius 1 is 1.14 bits per heavy atom. The molecule has 2 heterocycles. The number of carbonyl (C=O) groups is 1. The van der Waals surface area contributed by atoms with Crippen molar-refractivity contribution < 1.29 is 22.7 Å². The van der Waals surface area contributed by atoms with Crippen LogP contribution in [0.1, 0.15) is 31.9 Å². The molecular weight excluding hydrogens is 495 g/mol. The predicted molar refractivity (Wildman–Crippen MR) is 134 cm³/mol. The minimum atomic E-state index is -4.52. The Labute approximate surface area is 211 Å². The van der Waals surface area contributed by atoms with Gasteiger partial charge >= 0.3 is 12.3 Å². The number of fused-ring (bicyclic) bond motifs is 1. The fourth-order valence-corrected chi connectivity index (χ4v) is 4.63. The molecular formula is C26H27ClF3N3O3. The van der Waals surface area contributed by atoms with Gasteiger partial charge < -0.3 is 19.5 Å². The molecule has 10 heteroatoms. The van der Waals surface area contributed by atoms with Gasteiger partial charge in [-0.2, -0.15) is 13.2 Å². The van der Waals surface area contributed by atoms with Crippen LogP contribution in [0.5, 0.6) is 0 Å². The molecule has 0 bridgehead atoms. The van der Waals surface area contributed by atoms with E-state index in [0.717, 1.165) is 17.3 Å². The van der Waals surface area contributed by atoms with Crippen LogP contribution in [-0.2, 0) is 16.8 Å². The van der Waals surface area contributed by atoms with Crippen LogP contribution in [0.15, 0.2) is 53.5 Å². The zero-order chi connectivity index (χ0) is 26.5. The molecule has 0 spiro atoms. The summed E-state index contributed by atoms with van der Waals surface area (Å²) in [4.78, 5) is 27.0. The van der Waals surface area contributed by atoms with E-state index in [1.54, 1.807) is 49.9 Å². The summed E-state index contributed by atoms with van der Waals surface area (Å²) in [6, 6.07) is 12.0. The fourth-order valence-electron chi connectivity index (χ4n) is 4.45. The van der Waals surface area contributed by atoms with Crippen molar-refractivity contribution in [2.75, 3.05) is 18.4 Å². The molecule has 1 aliphatic rings. The number of halogens is 4. The number of aromatic nitrogens is 1.